The number of aliphatic hydroxyl groups is 1. The minimum Gasteiger partial charge on any atom is -0.396 e. The Balaban J connectivity index is 1.75. The van der Waals surface area contributed by atoms with Crippen LogP contribution in [-0.2, 0) is 0 Å². The number of carbonyl (C=O) groups is 1. The molecule has 4 nitrogen and oxygen atoms in total. The first-order chi connectivity index (χ1) is 10.9. The third-order valence-electron chi connectivity index (χ3n) is 4.97. The molecular formula is C16H22F2N2O2S. The minimum atomic E-state index is -2.90. The van der Waals surface area contributed by atoms with Crippen LogP contribution in [0.4, 0.5) is 8.78 Å². The van der Waals surface area contributed by atoms with E-state index >= 15 is 0 Å². The lowest BCUT2D eigenvalue weighted by Crippen LogP contribution is -2.50. The first-order valence-electron chi connectivity index (χ1n) is 8.17. The van der Waals surface area contributed by atoms with E-state index in [1.807, 2.05) is 6.92 Å². The number of alkyl halides is 2. The third kappa shape index (κ3) is 3.26. The molecule has 1 N–H and O–H groups in total. The average molecular weight is 344 g/mol. The van der Waals surface area contributed by atoms with E-state index in [2.05, 4.69) is 4.98 Å². The SMILES string of the molecule is Cc1nc(C2CCCC2)sc1C(=O)N1CCC(F)(F)[C@@H](CO)C1. The maximum absolute atomic E-state index is 13.7. The van der Waals surface area contributed by atoms with Crippen molar-refractivity contribution >= 4 is 17.2 Å². The molecule has 1 saturated carbocycles. The van der Waals surface area contributed by atoms with Gasteiger partial charge < -0.3 is 10.0 Å². The molecule has 23 heavy (non-hydrogen) atoms. The number of hydrogen-bond donors (Lipinski definition) is 1. The van der Waals surface area contributed by atoms with Crippen molar-refractivity contribution in [2.75, 3.05) is 19.7 Å². The molecule has 0 aromatic carbocycles. The van der Waals surface area contributed by atoms with Gasteiger partial charge in [-0.1, -0.05) is 12.8 Å². The number of likely N-dealkylation sites (tertiary alicyclic amines) is 1. The van der Waals surface area contributed by atoms with Gasteiger partial charge in [-0.3, -0.25) is 4.79 Å². The summed E-state index contributed by atoms with van der Waals surface area (Å²) < 4.78 is 27.4. The van der Waals surface area contributed by atoms with Crippen LogP contribution in [0.3, 0.4) is 0 Å². The zero-order chi connectivity index (χ0) is 16.6. The lowest BCUT2D eigenvalue weighted by Gasteiger charge is -2.37. The van der Waals surface area contributed by atoms with Crippen molar-refractivity contribution in [3.63, 3.8) is 0 Å². The highest BCUT2D eigenvalue weighted by Gasteiger charge is 2.45. The second-order valence-electron chi connectivity index (χ2n) is 6.59. The van der Waals surface area contributed by atoms with Crippen LogP contribution < -0.4 is 0 Å². The van der Waals surface area contributed by atoms with Crippen LogP contribution in [0.25, 0.3) is 0 Å². The van der Waals surface area contributed by atoms with E-state index in [-0.39, 0.29) is 19.0 Å². The zero-order valence-electron chi connectivity index (χ0n) is 13.2. The Bertz CT molecular complexity index is 585. The zero-order valence-corrected chi connectivity index (χ0v) is 14.0. The fraction of sp³-hybridized carbons (Fsp3) is 0.750. The number of aryl methyl sites for hydroxylation is 1. The van der Waals surface area contributed by atoms with E-state index in [4.69, 9.17) is 0 Å². The Kier molecular flexibility index (Phi) is 4.69. The Hall–Kier alpha value is -1.08. The van der Waals surface area contributed by atoms with Gasteiger partial charge in [-0.05, 0) is 19.8 Å². The second kappa shape index (κ2) is 6.43. The third-order valence-corrected chi connectivity index (χ3v) is 6.28. The average Bonchev–Trinajstić information content (AvgIpc) is 3.15. The molecule has 1 aliphatic carbocycles. The molecule has 1 aromatic heterocycles. The van der Waals surface area contributed by atoms with Crippen LogP contribution in [0.15, 0.2) is 0 Å². The number of piperidine rings is 1. The first-order valence-corrected chi connectivity index (χ1v) is 8.99. The summed E-state index contributed by atoms with van der Waals surface area (Å²) in [6.07, 6.45) is 4.24. The highest BCUT2D eigenvalue weighted by Crippen LogP contribution is 2.38. The number of rotatable bonds is 3. The van der Waals surface area contributed by atoms with Crippen molar-refractivity contribution in [1.29, 1.82) is 0 Å². The van der Waals surface area contributed by atoms with Crippen LogP contribution in [-0.4, -0.2) is 46.5 Å². The molecule has 7 heteroatoms. The molecule has 2 aliphatic rings. The molecule has 1 amide bonds. The van der Waals surface area contributed by atoms with Gasteiger partial charge in [0.2, 0.25) is 0 Å². The number of nitrogens with zero attached hydrogens (tertiary/aromatic N) is 2. The van der Waals surface area contributed by atoms with Crippen LogP contribution in [0, 0.1) is 12.8 Å². The summed E-state index contributed by atoms with van der Waals surface area (Å²) in [5, 5.41) is 10.2. The summed E-state index contributed by atoms with van der Waals surface area (Å²) >= 11 is 1.41. The molecule has 1 aliphatic heterocycles. The van der Waals surface area contributed by atoms with Crippen LogP contribution in [0.2, 0.25) is 0 Å². The van der Waals surface area contributed by atoms with Gasteiger partial charge in [0.05, 0.1) is 23.2 Å². The van der Waals surface area contributed by atoms with Crippen molar-refractivity contribution in [2.45, 2.75) is 50.9 Å². The lowest BCUT2D eigenvalue weighted by atomic mass is 9.94. The van der Waals surface area contributed by atoms with Gasteiger partial charge in [-0.15, -0.1) is 11.3 Å². The summed E-state index contributed by atoms with van der Waals surface area (Å²) in [4.78, 5) is 19.2. The molecule has 0 radical (unpaired) electrons. The van der Waals surface area contributed by atoms with Gasteiger partial charge in [0.1, 0.15) is 4.88 Å². The molecule has 1 atom stereocenters. The van der Waals surface area contributed by atoms with E-state index in [9.17, 15) is 18.7 Å². The van der Waals surface area contributed by atoms with E-state index in [1.54, 1.807) is 0 Å². The second-order valence-corrected chi connectivity index (χ2v) is 7.62. The smallest absolute Gasteiger partial charge is 0.265 e. The van der Waals surface area contributed by atoms with Gasteiger partial charge in [0, 0.05) is 25.4 Å². The lowest BCUT2D eigenvalue weighted by molar-refractivity contribution is -0.113. The van der Waals surface area contributed by atoms with Crippen molar-refractivity contribution in [1.82, 2.24) is 9.88 Å². The summed E-state index contributed by atoms with van der Waals surface area (Å²) in [6.45, 7) is 1.13. The Morgan fingerprint density at radius 1 is 1.43 bits per heavy atom. The van der Waals surface area contributed by atoms with Crippen LogP contribution >= 0.6 is 11.3 Å². The number of aromatic nitrogens is 1. The Morgan fingerprint density at radius 2 is 2.13 bits per heavy atom. The monoisotopic (exact) mass is 344 g/mol. The molecule has 3 rings (SSSR count). The van der Waals surface area contributed by atoms with Gasteiger partial charge in [0.25, 0.3) is 11.8 Å². The maximum Gasteiger partial charge on any atom is 0.265 e. The van der Waals surface area contributed by atoms with Gasteiger partial charge in [-0.25, -0.2) is 13.8 Å². The van der Waals surface area contributed by atoms with Gasteiger partial charge in [0.15, 0.2) is 0 Å². The normalized spacial score (nSPS) is 25.0. The minimum absolute atomic E-state index is 0.0262. The summed E-state index contributed by atoms with van der Waals surface area (Å²) in [6, 6.07) is 0. The number of aliphatic hydroxyl groups excluding tert-OH is 1. The number of carbonyl (C=O) groups excluding carboxylic acids is 1. The molecule has 2 heterocycles. The van der Waals surface area contributed by atoms with Crippen LogP contribution in [0.5, 0.6) is 0 Å². The topological polar surface area (TPSA) is 53.4 Å². The van der Waals surface area contributed by atoms with E-state index in [0.29, 0.717) is 16.5 Å². The summed E-state index contributed by atoms with van der Waals surface area (Å²) in [5.41, 5.74) is 0.694. The molecule has 1 aromatic rings. The first kappa shape index (κ1) is 16.8. The summed E-state index contributed by atoms with van der Waals surface area (Å²) in [7, 11) is 0. The molecule has 0 spiro atoms. The summed E-state index contributed by atoms with van der Waals surface area (Å²) in [5.74, 6) is -3.86. The number of amides is 1. The van der Waals surface area contributed by atoms with Crippen molar-refractivity contribution in [2.24, 2.45) is 5.92 Å². The molecule has 128 valence electrons. The predicted molar refractivity (Wildman–Crippen MR) is 84.1 cm³/mol. The van der Waals surface area contributed by atoms with E-state index < -0.39 is 24.9 Å². The fourth-order valence-corrected chi connectivity index (χ4v) is 4.67. The Morgan fingerprint density at radius 3 is 2.78 bits per heavy atom. The fourth-order valence-electron chi connectivity index (χ4n) is 3.46. The van der Waals surface area contributed by atoms with Gasteiger partial charge >= 0.3 is 0 Å². The van der Waals surface area contributed by atoms with Crippen molar-refractivity contribution in [3.8, 4) is 0 Å². The largest absolute Gasteiger partial charge is 0.396 e. The van der Waals surface area contributed by atoms with E-state index in [1.165, 1.54) is 29.1 Å². The molecule has 0 unspecified atom stereocenters. The maximum atomic E-state index is 13.7. The molecule has 2 fully saturated rings. The Labute approximate surface area is 138 Å². The number of halogens is 2. The molecule has 0 bridgehead atoms. The number of thiazole rings is 1. The predicted octanol–water partition coefficient (Wildman–Crippen LogP) is 3.20. The quantitative estimate of drug-likeness (QED) is 0.916. The standard InChI is InChI=1S/C16H22F2N2O2S/c1-10-13(23-14(19-10)11-4-2-3-5-11)15(22)20-7-6-16(17,18)12(8-20)9-21/h11-12,21H,2-9H2,1H3/t12-/m1/s1. The highest BCUT2D eigenvalue weighted by molar-refractivity contribution is 7.13. The van der Waals surface area contributed by atoms with Crippen molar-refractivity contribution < 1.29 is 18.7 Å². The van der Waals surface area contributed by atoms with Crippen molar-refractivity contribution in [3.05, 3.63) is 15.6 Å². The molecule has 1 saturated heterocycles. The van der Waals surface area contributed by atoms with Gasteiger partial charge in [-0.2, -0.15) is 0 Å². The van der Waals surface area contributed by atoms with E-state index in [0.717, 1.165) is 17.8 Å². The molecular weight excluding hydrogens is 322 g/mol. The number of hydrogen-bond acceptors (Lipinski definition) is 4. The van der Waals surface area contributed by atoms with Crippen LogP contribution in [0.1, 0.15) is 58.4 Å². The highest BCUT2D eigenvalue weighted by atomic mass is 32.1.